The third-order valence-electron chi connectivity index (χ3n) is 5.30. The summed E-state index contributed by atoms with van der Waals surface area (Å²) in [6, 6.07) is 18.4. The van der Waals surface area contributed by atoms with Crippen molar-refractivity contribution in [3.8, 4) is 5.75 Å². The Morgan fingerprint density at radius 3 is 2.52 bits per heavy atom. The molecular weight excluding hydrogens is 416 g/mol. The number of benzene rings is 2. The molecule has 0 saturated carbocycles. The van der Waals surface area contributed by atoms with Gasteiger partial charge in [-0.1, -0.05) is 30.3 Å². The predicted octanol–water partition coefficient (Wildman–Crippen LogP) is 4.10. The first-order chi connectivity index (χ1) is 15.9. The number of para-hydroxylation sites is 1. The predicted molar refractivity (Wildman–Crippen MR) is 127 cm³/mol. The molecule has 168 valence electrons. The highest BCUT2D eigenvalue weighted by atomic mass is 16.5. The molecule has 0 fully saturated rings. The number of amides is 2. The summed E-state index contributed by atoms with van der Waals surface area (Å²) in [4.78, 5) is 31.0. The number of fused-ring (bicyclic) bond motifs is 1. The first-order valence-corrected chi connectivity index (χ1v) is 10.7. The van der Waals surface area contributed by atoms with E-state index in [2.05, 4.69) is 10.3 Å². The second-order valence-electron chi connectivity index (χ2n) is 8.06. The van der Waals surface area contributed by atoms with Crippen LogP contribution < -0.4 is 10.1 Å². The number of carbonyl (C=O) groups is 2. The fourth-order valence-corrected chi connectivity index (χ4v) is 3.44. The molecule has 4 rings (SSSR count). The molecule has 0 bridgehead atoms. The van der Waals surface area contributed by atoms with Crippen molar-refractivity contribution in [1.29, 1.82) is 0 Å². The number of ether oxygens (including phenoxy) is 1. The van der Waals surface area contributed by atoms with E-state index in [1.807, 2.05) is 54.0 Å². The largest absolute Gasteiger partial charge is 0.486 e. The number of hydrogen-bond acceptors (Lipinski definition) is 4. The maximum Gasteiger partial charge on any atom is 0.259 e. The van der Waals surface area contributed by atoms with E-state index in [4.69, 9.17) is 4.74 Å². The lowest BCUT2D eigenvalue weighted by atomic mass is 10.1. The maximum atomic E-state index is 12.9. The second kappa shape index (κ2) is 9.56. The summed E-state index contributed by atoms with van der Waals surface area (Å²) in [5.41, 5.74) is 4.72. The summed E-state index contributed by atoms with van der Waals surface area (Å²) in [5, 5.41) is 2.90. The minimum absolute atomic E-state index is 0.0265. The van der Waals surface area contributed by atoms with Crippen LogP contribution in [0.3, 0.4) is 0 Å². The minimum atomic E-state index is -0.270. The number of pyridine rings is 1. The number of anilines is 1. The molecule has 0 unspecified atom stereocenters. The molecule has 0 atom stereocenters. The molecule has 0 radical (unpaired) electrons. The average Bonchev–Trinajstić information content (AvgIpc) is 3.23. The number of imidazole rings is 1. The van der Waals surface area contributed by atoms with E-state index in [9.17, 15) is 9.59 Å². The lowest BCUT2D eigenvalue weighted by Gasteiger charge is -2.12. The van der Waals surface area contributed by atoms with E-state index in [1.165, 1.54) is 0 Å². The van der Waals surface area contributed by atoms with E-state index >= 15 is 0 Å². The standard InChI is InChI=1S/C26H26N4O3/c1-18-7-6-14-30-16-21(27-25(18)30)17-33-23-9-5-4-8-22(23)26(32)28-20-12-10-19(11-13-20)15-24(31)29(2)3/h4-14,16H,15,17H2,1-3H3,(H,28,32). The van der Waals surface area contributed by atoms with Crippen molar-refractivity contribution in [3.63, 3.8) is 0 Å². The Labute approximate surface area is 192 Å². The van der Waals surface area contributed by atoms with Crippen molar-refractivity contribution < 1.29 is 14.3 Å². The van der Waals surface area contributed by atoms with Crippen LogP contribution in [0.25, 0.3) is 5.65 Å². The van der Waals surface area contributed by atoms with Gasteiger partial charge in [0.1, 0.15) is 18.0 Å². The summed E-state index contributed by atoms with van der Waals surface area (Å²) >= 11 is 0. The number of hydrogen-bond donors (Lipinski definition) is 1. The van der Waals surface area contributed by atoms with Gasteiger partial charge in [-0.2, -0.15) is 0 Å². The van der Waals surface area contributed by atoms with Crippen molar-refractivity contribution in [3.05, 3.63) is 95.4 Å². The lowest BCUT2D eigenvalue weighted by Crippen LogP contribution is -2.23. The van der Waals surface area contributed by atoms with Gasteiger partial charge in [0, 0.05) is 32.2 Å². The molecule has 7 nitrogen and oxygen atoms in total. The van der Waals surface area contributed by atoms with Gasteiger partial charge < -0.3 is 19.4 Å². The van der Waals surface area contributed by atoms with Gasteiger partial charge in [0.25, 0.3) is 5.91 Å². The third kappa shape index (κ3) is 5.20. The van der Waals surface area contributed by atoms with Crippen LogP contribution in [0.2, 0.25) is 0 Å². The molecule has 2 aromatic heterocycles. The van der Waals surface area contributed by atoms with Crippen LogP contribution in [0.1, 0.15) is 27.2 Å². The number of nitrogens with one attached hydrogen (secondary N) is 1. The molecule has 2 aromatic carbocycles. The molecule has 0 aliphatic heterocycles. The van der Waals surface area contributed by atoms with Crippen LogP contribution in [0.15, 0.2) is 73.1 Å². The number of nitrogens with zero attached hydrogens (tertiary/aromatic N) is 3. The second-order valence-corrected chi connectivity index (χ2v) is 8.06. The Bertz CT molecular complexity index is 1290. The van der Waals surface area contributed by atoms with Crippen LogP contribution in [-0.4, -0.2) is 40.2 Å². The summed E-state index contributed by atoms with van der Waals surface area (Å²) in [5.74, 6) is 0.240. The Kier molecular flexibility index (Phi) is 6.40. The molecule has 0 saturated heterocycles. The summed E-state index contributed by atoms with van der Waals surface area (Å²) < 4.78 is 7.92. The van der Waals surface area contributed by atoms with E-state index in [0.29, 0.717) is 23.4 Å². The topological polar surface area (TPSA) is 75.9 Å². The molecule has 4 aromatic rings. The molecule has 33 heavy (non-hydrogen) atoms. The first kappa shape index (κ1) is 22.1. The first-order valence-electron chi connectivity index (χ1n) is 10.7. The number of aromatic nitrogens is 2. The van der Waals surface area contributed by atoms with Crippen LogP contribution in [0.4, 0.5) is 5.69 Å². The maximum absolute atomic E-state index is 12.9. The highest BCUT2D eigenvalue weighted by Gasteiger charge is 2.14. The molecular formula is C26H26N4O3. The average molecular weight is 443 g/mol. The zero-order valence-electron chi connectivity index (χ0n) is 18.9. The van der Waals surface area contributed by atoms with Gasteiger partial charge in [-0.15, -0.1) is 0 Å². The van der Waals surface area contributed by atoms with E-state index in [0.717, 1.165) is 22.5 Å². The molecule has 2 heterocycles. The zero-order valence-corrected chi connectivity index (χ0v) is 18.9. The number of aryl methyl sites for hydroxylation is 1. The molecule has 1 N–H and O–H groups in total. The van der Waals surface area contributed by atoms with Gasteiger partial charge in [0.15, 0.2) is 0 Å². The van der Waals surface area contributed by atoms with Gasteiger partial charge in [0.05, 0.1) is 17.7 Å². The van der Waals surface area contributed by atoms with Gasteiger partial charge >= 0.3 is 0 Å². The molecule has 0 spiro atoms. The minimum Gasteiger partial charge on any atom is -0.486 e. The highest BCUT2D eigenvalue weighted by molar-refractivity contribution is 6.06. The summed E-state index contributed by atoms with van der Waals surface area (Å²) in [6.07, 6.45) is 4.19. The lowest BCUT2D eigenvalue weighted by molar-refractivity contribution is -0.127. The molecule has 0 aliphatic carbocycles. The van der Waals surface area contributed by atoms with Crippen LogP contribution in [0.5, 0.6) is 5.75 Å². The summed E-state index contributed by atoms with van der Waals surface area (Å²) in [7, 11) is 3.46. The summed E-state index contributed by atoms with van der Waals surface area (Å²) in [6.45, 7) is 2.26. The highest BCUT2D eigenvalue weighted by Crippen LogP contribution is 2.22. The van der Waals surface area contributed by atoms with Crippen LogP contribution in [0, 0.1) is 6.92 Å². The fraction of sp³-hybridized carbons (Fsp3) is 0.192. The van der Waals surface area contributed by atoms with Crippen molar-refractivity contribution in [1.82, 2.24) is 14.3 Å². The van der Waals surface area contributed by atoms with Gasteiger partial charge in [-0.05, 0) is 48.4 Å². The number of rotatable bonds is 7. The molecule has 0 aliphatic rings. The smallest absolute Gasteiger partial charge is 0.259 e. The SMILES string of the molecule is Cc1cccn2cc(COc3ccccc3C(=O)Nc3ccc(CC(=O)N(C)C)cc3)nc12. The van der Waals surface area contributed by atoms with Gasteiger partial charge in [0.2, 0.25) is 5.91 Å². The van der Waals surface area contributed by atoms with Crippen molar-refractivity contribution in [2.45, 2.75) is 20.0 Å². The van der Waals surface area contributed by atoms with E-state index < -0.39 is 0 Å². The Morgan fingerprint density at radius 1 is 1.03 bits per heavy atom. The quantitative estimate of drug-likeness (QED) is 0.467. The van der Waals surface area contributed by atoms with Crippen molar-refractivity contribution >= 4 is 23.1 Å². The monoisotopic (exact) mass is 442 g/mol. The van der Waals surface area contributed by atoms with Gasteiger partial charge in [-0.25, -0.2) is 4.98 Å². The van der Waals surface area contributed by atoms with Crippen LogP contribution in [-0.2, 0) is 17.8 Å². The Hall–Kier alpha value is -4.13. The normalized spacial score (nSPS) is 10.8. The Balaban J connectivity index is 1.43. The van der Waals surface area contributed by atoms with Crippen LogP contribution >= 0.6 is 0 Å². The fourth-order valence-electron chi connectivity index (χ4n) is 3.44. The third-order valence-corrected chi connectivity index (χ3v) is 5.30. The molecule has 2 amide bonds. The number of likely N-dealkylation sites (N-methyl/N-ethyl adjacent to an activating group) is 1. The van der Waals surface area contributed by atoms with E-state index in [1.54, 1.807) is 49.3 Å². The van der Waals surface area contributed by atoms with E-state index in [-0.39, 0.29) is 18.4 Å². The zero-order chi connectivity index (χ0) is 23.4. The molecule has 7 heteroatoms. The van der Waals surface area contributed by atoms with Crippen molar-refractivity contribution in [2.24, 2.45) is 0 Å². The van der Waals surface area contributed by atoms with Gasteiger partial charge in [-0.3, -0.25) is 9.59 Å². The number of carbonyl (C=O) groups excluding carboxylic acids is 2. The van der Waals surface area contributed by atoms with Crippen molar-refractivity contribution in [2.75, 3.05) is 19.4 Å². The Morgan fingerprint density at radius 2 is 1.79 bits per heavy atom.